The third kappa shape index (κ3) is 5.20. The van der Waals surface area contributed by atoms with Crippen LogP contribution in [-0.2, 0) is 9.59 Å². The van der Waals surface area contributed by atoms with Crippen LogP contribution in [0.5, 0.6) is 0 Å². The van der Waals surface area contributed by atoms with Crippen molar-refractivity contribution in [3.05, 3.63) is 0 Å². The highest BCUT2D eigenvalue weighted by Gasteiger charge is 2.36. The van der Waals surface area contributed by atoms with E-state index in [2.05, 4.69) is 12.2 Å². The third-order valence-corrected chi connectivity index (χ3v) is 5.85. The third-order valence-electron chi connectivity index (χ3n) is 5.85. The average Bonchev–Trinajstić information content (AvgIpc) is 2.62. The van der Waals surface area contributed by atoms with Gasteiger partial charge in [-0.3, -0.25) is 9.59 Å². The fraction of sp³-hybridized carbons (Fsp3) is 0.895. The van der Waals surface area contributed by atoms with Crippen LogP contribution in [0.15, 0.2) is 0 Å². The van der Waals surface area contributed by atoms with Crippen molar-refractivity contribution in [3.8, 4) is 0 Å². The van der Waals surface area contributed by atoms with Crippen LogP contribution in [0, 0.1) is 11.3 Å². The molecule has 3 N–H and O–H groups in total. The number of likely N-dealkylation sites (tertiary alicyclic amines) is 1. The minimum atomic E-state index is -0.0419. The van der Waals surface area contributed by atoms with Gasteiger partial charge in [-0.05, 0) is 44.1 Å². The number of amides is 2. The van der Waals surface area contributed by atoms with E-state index in [4.69, 9.17) is 5.73 Å². The van der Waals surface area contributed by atoms with Gasteiger partial charge < -0.3 is 16.0 Å². The van der Waals surface area contributed by atoms with E-state index in [0.717, 1.165) is 51.6 Å². The molecule has 0 aromatic rings. The summed E-state index contributed by atoms with van der Waals surface area (Å²) >= 11 is 0. The first-order valence-corrected chi connectivity index (χ1v) is 9.86. The van der Waals surface area contributed by atoms with Gasteiger partial charge >= 0.3 is 0 Å². The standard InChI is InChI=1S/C19H35N3O2/c1-2-3-11-21-18(24)16-8-7-12-22(14-16)17(23)13-19(15-20)9-5-4-6-10-19/h16H,2-15,20H2,1H3,(H,21,24). The van der Waals surface area contributed by atoms with Crippen molar-refractivity contribution in [1.82, 2.24) is 10.2 Å². The molecule has 2 fully saturated rings. The molecule has 0 bridgehead atoms. The molecule has 138 valence electrons. The van der Waals surface area contributed by atoms with E-state index in [9.17, 15) is 9.59 Å². The number of hydrogen-bond donors (Lipinski definition) is 2. The molecular formula is C19H35N3O2. The SMILES string of the molecule is CCCCNC(=O)C1CCCN(C(=O)CC2(CN)CCCCC2)C1. The minimum Gasteiger partial charge on any atom is -0.356 e. The molecule has 24 heavy (non-hydrogen) atoms. The molecule has 2 amide bonds. The lowest BCUT2D eigenvalue weighted by Crippen LogP contribution is -2.47. The Balaban J connectivity index is 1.86. The van der Waals surface area contributed by atoms with Crippen molar-refractivity contribution in [2.45, 2.75) is 71.1 Å². The summed E-state index contributed by atoms with van der Waals surface area (Å²) in [7, 11) is 0. The van der Waals surface area contributed by atoms with Gasteiger partial charge in [-0.15, -0.1) is 0 Å². The number of nitrogens with one attached hydrogen (secondary N) is 1. The van der Waals surface area contributed by atoms with Crippen molar-refractivity contribution in [3.63, 3.8) is 0 Å². The zero-order valence-electron chi connectivity index (χ0n) is 15.3. The van der Waals surface area contributed by atoms with Crippen LogP contribution >= 0.6 is 0 Å². The molecule has 0 aromatic heterocycles. The summed E-state index contributed by atoms with van der Waals surface area (Å²) in [6.45, 7) is 4.84. The van der Waals surface area contributed by atoms with Gasteiger partial charge in [0.25, 0.3) is 0 Å². The van der Waals surface area contributed by atoms with E-state index in [0.29, 0.717) is 19.5 Å². The molecule has 0 radical (unpaired) electrons. The van der Waals surface area contributed by atoms with Gasteiger partial charge in [0.1, 0.15) is 0 Å². The first kappa shape index (κ1) is 19.2. The fourth-order valence-corrected chi connectivity index (χ4v) is 4.14. The number of rotatable bonds is 7. The topological polar surface area (TPSA) is 75.4 Å². The molecule has 1 heterocycles. The number of piperidine rings is 1. The largest absolute Gasteiger partial charge is 0.356 e. The van der Waals surface area contributed by atoms with Gasteiger partial charge in [0.05, 0.1) is 5.92 Å². The fourth-order valence-electron chi connectivity index (χ4n) is 4.14. The summed E-state index contributed by atoms with van der Waals surface area (Å²) in [4.78, 5) is 27.0. The van der Waals surface area contributed by atoms with E-state index >= 15 is 0 Å². The van der Waals surface area contributed by atoms with E-state index < -0.39 is 0 Å². The molecule has 1 saturated heterocycles. The lowest BCUT2D eigenvalue weighted by molar-refractivity contribution is -0.138. The predicted octanol–water partition coefficient (Wildman–Crippen LogP) is 2.44. The second-order valence-electron chi connectivity index (χ2n) is 7.77. The van der Waals surface area contributed by atoms with Crippen molar-refractivity contribution in [2.75, 3.05) is 26.2 Å². The van der Waals surface area contributed by atoms with Crippen LogP contribution in [0.25, 0.3) is 0 Å². The molecule has 2 aliphatic rings. The maximum absolute atomic E-state index is 12.8. The van der Waals surface area contributed by atoms with Gasteiger partial charge in [-0.2, -0.15) is 0 Å². The second kappa shape index (κ2) is 9.40. The lowest BCUT2D eigenvalue weighted by atomic mass is 9.71. The van der Waals surface area contributed by atoms with Gasteiger partial charge in [0, 0.05) is 26.1 Å². The van der Waals surface area contributed by atoms with Crippen LogP contribution < -0.4 is 11.1 Å². The Morgan fingerprint density at radius 1 is 1.21 bits per heavy atom. The smallest absolute Gasteiger partial charge is 0.224 e. The monoisotopic (exact) mass is 337 g/mol. The van der Waals surface area contributed by atoms with Crippen LogP contribution in [0.3, 0.4) is 0 Å². The highest BCUT2D eigenvalue weighted by atomic mass is 16.2. The molecular weight excluding hydrogens is 302 g/mol. The van der Waals surface area contributed by atoms with Crippen molar-refractivity contribution in [2.24, 2.45) is 17.1 Å². The summed E-state index contributed by atoms with van der Waals surface area (Å²) < 4.78 is 0. The maximum Gasteiger partial charge on any atom is 0.224 e. The summed E-state index contributed by atoms with van der Waals surface area (Å²) in [6, 6.07) is 0. The molecule has 0 aromatic carbocycles. The van der Waals surface area contributed by atoms with Gasteiger partial charge in [-0.25, -0.2) is 0 Å². The predicted molar refractivity (Wildman–Crippen MR) is 96.4 cm³/mol. The van der Waals surface area contributed by atoms with E-state index in [1.165, 1.54) is 19.3 Å². The molecule has 1 aliphatic heterocycles. The average molecular weight is 338 g/mol. The molecule has 1 aliphatic carbocycles. The highest BCUT2D eigenvalue weighted by Crippen LogP contribution is 2.39. The molecule has 5 nitrogen and oxygen atoms in total. The van der Waals surface area contributed by atoms with Crippen molar-refractivity contribution >= 4 is 11.8 Å². The Morgan fingerprint density at radius 3 is 2.62 bits per heavy atom. The van der Waals surface area contributed by atoms with E-state index in [1.54, 1.807) is 0 Å². The van der Waals surface area contributed by atoms with Crippen LogP contribution in [0.4, 0.5) is 0 Å². The Morgan fingerprint density at radius 2 is 1.96 bits per heavy atom. The first-order chi connectivity index (χ1) is 11.6. The number of nitrogens with zero attached hydrogens (tertiary/aromatic N) is 1. The number of unbranched alkanes of at least 4 members (excludes halogenated alkanes) is 1. The summed E-state index contributed by atoms with van der Waals surface area (Å²) in [5.74, 6) is 0.278. The number of carbonyl (C=O) groups is 2. The van der Waals surface area contributed by atoms with Crippen LogP contribution in [0.2, 0.25) is 0 Å². The zero-order valence-corrected chi connectivity index (χ0v) is 15.3. The minimum absolute atomic E-state index is 0.00562. The Hall–Kier alpha value is -1.10. The second-order valence-corrected chi connectivity index (χ2v) is 7.77. The molecule has 0 spiro atoms. The molecule has 5 heteroatoms. The zero-order chi connectivity index (χ0) is 17.4. The van der Waals surface area contributed by atoms with Crippen molar-refractivity contribution < 1.29 is 9.59 Å². The molecule has 1 saturated carbocycles. The quantitative estimate of drug-likeness (QED) is 0.701. The van der Waals surface area contributed by atoms with Gasteiger partial charge in [0.15, 0.2) is 0 Å². The number of carbonyl (C=O) groups excluding carboxylic acids is 2. The van der Waals surface area contributed by atoms with Crippen LogP contribution in [-0.4, -0.2) is 42.9 Å². The summed E-state index contributed by atoms with van der Waals surface area (Å²) in [5, 5.41) is 3.02. The number of hydrogen-bond acceptors (Lipinski definition) is 3. The molecule has 1 unspecified atom stereocenters. The molecule has 1 atom stereocenters. The summed E-state index contributed by atoms with van der Waals surface area (Å²) in [6.07, 6.45) is 10.3. The Kier molecular flexibility index (Phi) is 7.53. The number of nitrogens with two attached hydrogens (primary N) is 1. The van der Waals surface area contributed by atoms with Crippen molar-refractivity contribution in [1.29, 1.82) is 0 Å². The molecule has 2 rings (SSSR count). The lowest BCUT2D eigenvalue weighted by Gasteiger charge is -2.39. The van der Waals surface area contributed by atoms with Crippen LogP contribution in [0.1, 0.15) is 71.1 Å². The van der Waals surface area contributed by atoms with E-state index in [1.807, 2.05) is 4.90 Å². The summed E-state index contributed by atoms with van der Waals surface area (Å²) in [5.41, 5.74) is 6.03. The maximum atomic E-state index is 12.8. The van der Waals surface area contributed by atoms with Gasteiger partial charge in [-0.1, -0.05) is 32.6 Å². The normalized spacial score (nSPS) is 23.8. The highest BCUT2D eigenvalue weighted by molar-refractivity contribution is 5.81. The Bertz CT molecular complexity index is 419. The van der Waals surface area contributed by atoms with Gasteiger partial charge in [0.2, 0.25) is 11.8 Å². The first-order valence-electron chi connectivity index (χ1n) is 9.86. The Labute approximate surface area is 146 Å². The van der Waals surface area contributed by atoms with E-state index in [-0.39, 0.29) is 23.1 Å².